The van der Waals surface area contributed by atoms with Crippen LogP contribution in [0.5, 0.6) is 0 Å². The summed E-state index contributed by atoms with van der Waals surface area (Å²) in [5, 5.41) is 3.03. The number of nitrogens with zero attached hydrogens (tertiary/aromatic N) is 1. The summed E-state index contributed by atoms with van der Waals surface area (Å²) < 4.78 is 27.1. The first kappa shape index (κ1) is 11.9. The van der Waals surface area contributed by atoms with Crippen LogP contribution in [0.3, 0.4) is 0 Å². The predicted octanol–water partition coefficient (Wildman–Crippen LogP) is 3.00. The van der Waals surface area contributed by atoms with Crippen LogP contribution in [0.2, 0.25) is 0 Å². The minimum absolute atomic E-state index is 0.0207. The molecule has 2 nitrogen and oxygen atoms in total. The Bertz CT molecular complexity index is 425. The summed E-state index contributed by atoms with van der Waals surface area (Å²) in [6.07, 6.45) is 3.49. The summed E-state index contributed by atoms with van der Waals surface area (Å²) >= 11 is 0. The third kappa shape index (κ3) is 2.21. The Morgan fingerprint density at radius 2 is 1.89 bits per heavy atom. The SMILES string of the molecule is CC1CC(Nc2c(F)cccc2F)CN1C1CC1. The van der Waals surface area contributed by atoms with Crippen molar-refractivity contribution in [3.8, 4) is 0 Å². The second-order valence-corrected chi connectivity index (χ2v) is 5.45. The predicted molar refractivity (Wildman–Crippen MR) is 67.6 cm³/mol. The van der Waals surface area contributed by atoms with Gasteiger partial charge in [-0.05, 0) is 38.3 Å². The van der Waals surface area contributed by atoms with Crippen molar-refractivity contribution >= 4 is 5.69 Å². The first-order valence-corrected chi connectivity index (χ1v) is 6.61. The molecule has 0 amide bonds. The Morgan fingerprint density at radius 1 is 1.22 bits per heavy atom. The Morgan fingerprint density at radius 3 is 2.50 bits per heavy atom. The van der Waals surface area contributed by atoms with E-state index < -0.39 is 11.6 Å². The van der Waals surface area contributed by atoms with E-state index in [-0.39, 0.29) is 11.7 Å². The number of benzene rings is 1. The lowest BCUT2D eigenvalue weighted by atomic mass is 10.1. The minimum atomic E-state index is -0.507. The van der Waals surface area contributed by atoms with Gasteiger partial charge in [-0.3, -0.25) is 4.90 Å². The number of halogens is 2. The van der Waals surface area contributed by atoms with Crippen LogP contribution in [0.25, 0.3) is 0 Å². The van der Waals surface area contributed by atoms with Gasteiger partial charge in [0.25, 0.3) is 0 Å². The van der Waals surface area contributed by atoms with Gasteiger partial charge in [-0.2, -0.15) is 0 Å². The third-order valence-electron chi connectivity index (χ3n) is 3.95. The van der Waals surface area contributed by atoms with E-state index in [1.807, 2.05) is 0 Å². The van der Waals surface area contributed by atoms with Gasteiger partial charge < -0.3 is 5.32 Å². The van der Waals surface area contributed by atoms with E-state index in [4.69, 9.17) is 0 Å². The van der Waals surface area contributed by atoms with Crippen LogP contribution >= 0.6 is 0 Å². The smallest absolute Gasteiger partial charge is 0.149 e. The largest absolute Gasteiger partial charge is 0.376 e. The first-order valence-electron chi connectivity index (χ1n) is 6.61. The lowest BCUT2D eigenvalue weighted by Crippen LogP contribution is -2.31. The molecule has 1 N–H and O–H groups in total. The van der Waals surface area contributed by atoms with Crippen molar-refractivity contribution in [3.63, 3.8) is 0 Å². The molecule has 1 aromatic rings. The van der Waals surface area contributed by atoms with Crippen molar-refractivity contribution in [1.82, 2.24) is 4.90 Å². The van der Waals surface area contributed by atoms with Gasteiger partial charge in [0.15, 0.2) is 0 Å². The molecule has 18 heavy (non-hydrogen) atoms. The zero-order valence-electron chi connectivity index (χ0n) is 10.5. The lowest BCUT2D eigenvalue weighted by Gasteiger charge is -2.20. The number of para-hydroxylation sites is 1. The molecular formula is C14H18F2N2. The molecule has 0 bridgehead atoms. The number of nitrogens with one attached hydrogen (secondary N) is 1. The number of likely N-dealkylation sites (tertiary alicyclic amines) is 1. The molecule has 2 aliphatic rings. The monoisotopic (exact) mass is 252 g/mol. The summed E-state index contributed by atoms with van der Waals surface area (Å²) in [4.78, 5) is 2.45. The summed E-state index contributed by atoms with van der Waals surface area (Å²) in [5.74, 6) is -1.01. The molecule has 2 atom stereocenters. The molecule has 1 aliphatic carbocycles. The van der Waals surface area contributed by atoms with Crippen LogP contribution in [0.15, 0.2) is 18.2 Å². The molecular weight excluding hydrogens is 234 g/mol. The van der Waals surface area contributed by atoms with Crippen LogP contribution in [-0.2, 0) is 0 Å². The molecule has 1 aromatic carbocycles. The zero-order chi connectivity index (χ0) is 12.7. The fourth-order valence-electron chi connectivity index (χ4n) is 2.92. The Labute approximate surface area is 106 Å². The highest BCUT2D eigenvalue weighted by Gasteiger charge is 2.38. The molecule has 0 aromatic heterocycles. The van der Waals surface area contributed by atoms with E-state index in [1.54, 1.807) is 0 Å². The maximum absolute atomic E-state index is 13.6. The standard InChI is InChI=1S/C14H18F2N2/c1-9-7-10(8-18(9)11-5-6-11)17-14-12(15)3-2-4-13(14)16/h2-4,9-11,17H,5-8H2,1H3. The topological polar surface area (TPSA) is 15.3 Å². The van der Waals surface area contributed by atoms with Crippen molar-refractivity contribution in [2.45, 2.75) is 44.3 Å². The quantitative estimate of drug-likeness (QED) is 0.889. The molecule has 98 valence electrons. The second-order valence-electron chi connectivity index (χ2n) is 5.45. The van der Waals surface area contributed by atoms with Gasteiger partial charge in [-0.1, -0.05) is 6.07 Å². The normalized spacial score (nSPS) is 28.6. The average Bonchev–Trinajstić information content (AvgIpc) is 3.09. The molecule has 1 aliphatic heterocycles. The van der Waals surface area contributed by atoms with Gasteiger partial charge in [0.2, 0.25) is 0 Å². The maximum Gasteiger partial charge on any atom is 0.149 e. The van der Waals surface area contributed by atoms with Crippen molar-refractivity contribution in [2.24, 2.45) is 0 Å². The average molecular weight is 252 g/mol. The molecule has 3 rings (SSSR count). The molecule has 2 fully saturated rings. The van der Waals surface area contributed by atoms with Crippen LogP contribution in [0, 0.1) is 11.6 Å². The highest BCUT2D eigenvalue weighted by atomic mass is 19.1. The number of hydrogen-bond donors (Lipinski definition) is 1. The van der Waals surface area contributed by atoms with E-state index in [9.17, 15) is 8.78 Å². The van der Waals surface area contributed by atoms with E-state index in [0.29, 0.717) is 12.1 Å². The van der Waals surface area contributed by atoms with E-state index in [1.165, 1.54) is 31.0 Å². The molecule has 2 unspecified atom stereocenters. The van der Waals surface area contributed by atoms with Gasteiger partial charge in [-0.15, -0.1) is 0 Å². The highest BCUT2D eigenvalue weighted by Crippen LogP contribution is 2.34. The van der Waals surface area contributed by atoms with Crippen LogP contribution in [0.1, 0.15) is 26.2 Å². The zero-order valence-corrected chi connectivity index (χ0v) is 10.5. The fourth-order valence-corrected chi connectivity index (χ4v) is 2.92. The number of anilines is 1. The summed E-state index contributed by atoms with van der Waals surface area (Å²) in [7, 11) is 0. The van der Waals surface area contributed by atoms with Crippen molar-refractivity contribution in [2.75, 3.05) is 11.9 Å². The van der Waals surface area contributed by atoms with Crippen LogP contribution < -0.4 is 5.32 Å². The second kappa shape index (κ2) is 4.50. The van der Waals surface area contributed by atoms with Gasteiger partial charge in [0.1, 0.15) is 17.3 Å². The third-order valence-corrected chi connectivity index (χ3v) is 3.95. The number of rotatable bonds is 3. The Kier molecular flexibility index (Phi) is 2.98. The molecule has 1 saturated heterocycles. The van der Waals surface area contributed by atoms with Crippen LogP contribution in [-0.4, -0.2) is 29.6 Å². The van der Waals surface area contributed by atoms with Crippen molar-refractivity contribution in [1.29, 1.82) is 0 Å². The maximum atomic E-state index is 13.6. The first-order chi connectivity index (χ1) is 8.65. The van der Waals surface area contributed by atoms with E-state index >= 15 is 0 Å². The summed E-state index contributed by atoms with van der Waals surface area (Å²) in [6, 6.07) is 5.34. The number of hydrogen-bond acceptors (Lipinski definition) is 2. The molecule has 1 heterocycles. The van der Waals surface area contributed by atoms with Gasteiger partial charge in [0, 0.05) is 24.7 Å². The fraction of sp³-hybridized carbons (Fsp3) is 0.571. The molecule has 0 radical (unpaired) electrons. The lowest BCUT2D eigenvalue weighted by molar-refractivity contribution is 0.257. The van der Waals surface area contributed by atoms with Crippen molar-refractivity contribution < 1.29 is 8.78 Å². The molecule has 0 spiro atoms. The van der Waals surface area contributed by atoms with Crippen molar-refractivity contribution in [3.05, 3.63) is 29.8 Å². The Hall–Kier alpha value is -1.16. The summed E-state index contributed by atoms with van der Waals surface area (Å²) in [6.45, 7) is 3.08. The van der Waals surface area contributed by atoms with Gasteiger partial charge in [0.05, 0.1) is 0 Å². The highest BCUT2D eigenvalue weighted by molar-refractivity contribution is 5.47. The van der Waals surface area contributed by atoms with E-state index in [0.717, 1.165) is 13.0 Å². The Balaban J connectivity index is 1.70. The van der Waals surface area contributed by atoms with E-state index in [2.05, 4.69) is 17.1 Å². The van der Waals surface area contributed by atoms with Gasteiger partial charge >= 0.3 is 0 Å². The summed E-state index contributed by atoms with van der Waals surface area (Å²) in [5.41, 5.74) is 0.0207. The molecule has 1 saturated carbocycles. The minimum Gasteiger partial charge on any atom is -0.376 e. The molecule has 4 heteroatoms. The van der Waals surface area contributed by atoms with Gasteiger partial charge in [-0.25, -0.2) is 8.78 Å². The van der Waals surface area contributed by atoms with Crippen LogP contribution in [0.4, 0.5) is 14.5 Å².